The van der Waals surface area contributed by atoms with Crippen molar-refractivity contribution in [2.75, 3.05) is 13.6 Å². The van der Waals surface area contributed by atoms with E-state index < -0.39 is 6.08 Å². The first kappa shape index (κ1) is 11.6. The van der Waals surface area contributed by atoms with Crippen molar-refractivity contribution in [1.82, 2.24) is 4.90 Å². The Bertz CT molecular complexity index is 219. The van der Waals surface area contributed by atoms with Gasteiger partial charge in [0.1, 0.15) is 0 Å². The van der Waals surface area contributed by atoms with Gasteiger partial charge < -0.3 is 0 Å². The minimum atomic E-state index is -1.47. The molecule has 1 saturated heterocycles. The highest BCUT2D eigenvalue weighted by atomic mass is 19.3. The van der Waals surface area contributed by atoms with Crippen LogP contribution >= 0.6 is 0 Å². The van der Waals surface area contributed by atoms with E-state index in [1.54, 1.807) is 0 Å². The van der Waals surface area contributed by atoms with Crippen molar-refractivity contribution in [2.45, 2.75) is 39.2 Å². The van der Waals surface area contributed by atoms with Crippen LogP contribution in [0, 0.1) is 5.92 Å². The summed E-state index contributed by atoms with van der Waals surface area (Å²) in [4.78, 5) is 2.04. The highest BCUT2D eigenvalue weighted by Crippen LogP contribution is 2.28. The van der Waals surface area contributed by atoms with Crippen molar-refractivity contribution in [3.05, 3.63) is 11.7 Å². The summed E-state index contributed by atoms with van der Waals surface area (Å²) < 4.78 is 24.7. The molecule has 0 amide bonds. The first-order valence-electron chi connectivity index (χ1n) is 5.24. The van der Waals surface area contributed by atoms with Crippen molar-refractivity contribution in [3.8, 4) is 0 Å². The minimum absolute atomic E-state index is 0.328. The summed E-state index contributed by atoms with van der Waals surface area (Å²) in [6.07, 6.45) is 1.25. The summed E-state index contributed by atoms with van der Waals surface area (Å²) in [7, 11) is 1.93. The Labute approximate surface area is 84.8 Å². The second-order valence-electron chi connectivity index (χ2n) is 4.61. The monoisotopic (exact) mass is 203 g/mol. The second-order valence-corrected chi connectivity index (χ2v) is 4.61. The van der Waals surface area contributed by atoms with Crippen LogP contribution < -0.4 is 0 Å². The zero-order chi connectivity index (χ0) is 10.7. The third-order valence-corrected chi connectivity index (χ3v) is 2.89. The molecule has 1 rings (SSSR count). The molecular formula is C11H19F2N. The van der Waals surface area contributed by atoms with E-state index in [-0.39, 0.29) is 0 Å². The van der Waals surface area contributed by atoms with Crippen molar-refractivity contribution in [2.24, 2.45) is 5.92 Å². The topological polar surface area (TPSA) is 3.24 Å². The lowest BCUT2D eigenvalue weighted by Gasteiger charge is -2.19. The van der Waals surface area contributed by atoms with E-state index in [2.05, 4.69) is 13.8 Å². The third kappa shape index (κ3) is 3.05. The number of halogens is 2. The van der Waals surface area contributed by atoms with Gasteiger partial charge in [0.2, 0.25) is 0 Å². The van der Waals surface area contributed by atoms with Gasteiger partial charge in [-0.1, -0.05) is 13.8 Å². The fourth-order valence-electron chi connectivity index (χ4n) is 1.92. The molecule has 3 heteroatoms. The molecule has 82 valence electrons. The van der Waals surface area contributed by atoms with Crippen LogP contribution in [-0.2, 0) is 0 Å². The maximum absolute atomic E-state index is 12.3. The van der Waals surface area contributed by atoms with Crippen LogP contribution in [0.3, 0.4) is 0 Å². The predicted octanol–water partition coefficient (Wildman–Crippen LogP) is 3.28. The number of likely N-dealkylation sites (N-methyl/N-ethyl adjacent to an activating group) is 1. The average Bonchev–Trinajstić information content (AvgIpc) is 2.43. The maximum atomic E-state index is 12.3. The lowest BCUT2D eigenvalue weighted by Crippen LogP contribution is -2.24. The highest BCUT2D eigenvalue weighted by Gasteiger charge is 2.27. The van der Waals surface area contributed by atoms with E-state index in [1.807, 2.05) is 11.9 Å². The van der Waals surface area contributed by atoms with Crippen LogP contribution in [-0.4, -0.2) is 24.5 Å². The van der Waals surface area contributed by atoms with Gasteiger partial charge in [-0.15, -0.1) is 0 Å². The molecule has 0 aromatic heterocycles. The summed E-state index contributed by atoms with van der Waals surface area (Å²) in [5, 5.41) is 0. The van der Waals surface area contributed by atoms with Crippen molar-refractivity contribution < 1.29 is 8.78 Å². The summed E-state index contributed by atoms with van der Waals surface area (Å²) in [5.41, 5.74) is 0.334. The van der Waals surface area contributed by atoms with E-state index in [1.165, 1.54) is 0 Å². The molecule has 1 fully saturated rings. The maximum Gasteiger partial charge on any atom is 0.270 e. The van der Waals surface area contributed by atoms with Crippen LogP contribution in [0.1, 0.15) is 33.1 Å². The number of likely N-dealkylation sites (tertiary alicyclic amines) is 1. The van der Waals surface area contributed by atoms with Crippen LogP contribution in [0.25, 0.3) is 0 Å². The molecule has 0 saturated carbocycles. The quantitative estimate of drug-likeness (QED) is 0.680. The molecular weight excluding hydrogens is 184 g/mol. The molecule has 0 spiro atoms. The summed E-state index contributed by atoms with van der Waals surface area (Å²) in [5.74, 6) is 0.659. The zero-order valence-corrected chi connectivity index (χ0v) is 9.19. The molecule has 14 heavy (non-hydrogen) atoms. The third-order valence-electron chi connectivity index (χ3n) is 2.89. The van der Waals surface area contributed by atoms with Gasteiger partial charge in [0, 0.05) is 18.2 Å². The molecule has 1 aliphatic heterocycles. The van der Waals surface area contributed by atoms with E-state index in [0.29, 0.717) is 30.5 Å². The van der Waals surface area contributed by atoms with Gasteiger partial charge in [-0.25, -0.2) is 0 Å². The lowest BCUT2D eigenvalue weighted by atomic mass is 10.0. The Kier molecular flexibility index (Phi) is 4.05. The number of nitrogens with zero attached hydrogens (tertiary/aromatic N) is 1. The van der Waals surface area contributed by atoms with Crippen LogP contribution in [0.5, 0.6) is 0 Å². The van der Waals surface area contributed by atoms with Gasteiger partial charge in [0.25, 0.3) is 6.08 Å². The van der Waals surface area contributed by atoms with Gasteiger partial charge in [-0.2, -0.15) is 8.78 Å². The van der Waals surface area contributed by atoms with Crippen LogP contribution in [0.4, 0.5) is 8.78 Å². The van der Waals surface area contributed by atoms with Crippen LogP contribution in [0.15, 0.2) is 11.7 Å². The summed E-state index contributed by atoms with van der Waals surface area (Å²) >= 11 is 0. The number of hydrogen-bond acceptors (Lipinski definition) is 1. The Hall–Kier alpha value is -0.440. The molecule has 1 atom stereocenters. The normalized spacial score (nSPS) is 23.6. The van der Waals surface area contributed by atoms with E-state index in [0.717, 1.165) is 12.8 Å². The molecule has 1 unspecified atom stereocenters. The first-order valence-corrected chi connectivity index (χ1v) is 5.24. The van der Waals surface area contributed by atoms with Crippen molar-refractivity contribution in [3.63, 3.8) is 0 Å². The SMILES string of the molecule is CC(C)CCC1CC(=C(F)F)CN1C. The largest absolute Gasteiger partial charge is 0.299 e. The van der Waals surface area contributed by atoms with Gasteiger partial charge in [-0.3, -0.25) is 4.90 Å². The van der Waals surface area contributed by atoms with E-state index in [9.17, 15) is 8.78 Å². The fraction of sp³-hybridized carbons (Fsp3) is 0.818. The first-order chi connectivity index (χ1) is 6.50. The highest BCUT2D eigenvalue weighted by molar-refractivity contribution is 5.12. The van der Waals surface area contributed by atoms with Gasteiger partial charge in [0.15, 0.2) is 0 Å². The Balaban J connectivity index is 2.45. The Morgan fingerprint density at radius 2 is 2.14 bits per heavy atom. The van der Waals surface area contributed by atoms with Crippen LogP contribution in [0.2, 0.25) is 0 Å². The summed E-state index contributed by atoms with van der Waals surface area (Å²) in [6.45, 7) is 4.79. The smallest absolute Gasteiger partial charge is 0.270 e. The van der Waals surface area contributed by atoms with Gasteiger partial charge in [-0.05, 0) is 32.2 Å². The zero-order valence-electron chi connectivity index (χ0n) is 9.19. The number of hydrogen-bond donors (Lipinski definition) is 0. The molecule has 1 nitrogen and oxygen atoms in total. The van der Waals surface area contributed by atoms with E-state index >= 15 is 0 Å². The summed E-state index contributed by atoms with van der Waals surface area (Å²) in [6, 6.07) is 0.328. The van der Waals surface area contributed by atoms with Gasteiger partial charge >= 0.3 is 0 Å². The van der Waals surface area contributed by atoms with E-state index in [4.69, 9.17) is 0 Å². The second kappa shape index (κ2) is 4.87. The van der Waals surface area contributed by atoms with Crippen molar-refractivity contribution in [1.29, 1.82) is 0 Å². The molecule has 1 aliphatic rings. The molecule has 1 heterocycles. The fourth-order valence-corrected chi connectivity index (χ4v) is 1.92. The molecule has 0 aliphatic carbocycles. The Morgan fingerprint density at radius 3 is 2.57 bits per heavy atom. The molecule has 0 aromatic carbocycles. The Morgan fingerprint density at radius 1 is 1.50 bits per heavy atom. The number of rotatable bonds is 3. The minimum Gasteiger partial charge on any atom is -0.299 e. The van der Waals surface area contributed by atoms with Crippen molar-refractivity contribution >= 4 is 0 Å². The molecule has 0 radical (unpaired) electrons. The standard InChI is InChI=1S/C11H19F2N/c1-8(2)4-5-10-6-9(11(12)13)7-14(10)3/h8,10H,4-7H2,1-3H3. The molecule has 0 aromatic rings. The molecule has 0 bridgehead atoms. The van der Waals surface area contributed by atoms with Gasteiger partial charge in [0.05, 0.1) is 0 Å². The predicted molar refractivity (Wildman–Crippen MR) is 54.3 cm³/mol. The average molecular weight is 203 g/mol. The lowest BCUT2D eigenvalue weighted by molar-refractivity contribution is 0.282. The molecule has 0 N–H and O–H groups in total.